The maximum Gasteiger partial charge on any atom is 0.312 e. The molecule has 5 rings (SSSR count). The number of para-hydroxylation sites is 1. The Morgan fingerprint density at radius 2 is 1.79 bits per heavy atom. The summed E-state index contributed by atoms with van der Waals surface area (Å²) in [5.74, 6) is 0.782. The zero-order valence-electron chi connectivity index (χ0n) is 13.6. The van der Waals surface area contributed by atoms with Crippen LogP contribution in [0.2, 0.25) is 0 Å². The normalized spacial score (nSPS) is 36.4. The van der Waals surface area contributed by atoms with Crippen molar-refractivity contribution >= 4 is 33.5 Å². The molecule has 1 aromatic rings. The third kappa shape index (κ3) is 2.99. The van der Waals surface area contributed by atoms with Crippen LogP contribution in [0.25, 0.3) is 0 Å². The van der Waals surface area contributed by atoms with Crippen molar-refractivity contribution in [1.82, 2.24) is 0 Å². The largest absolute Gasteiger partial charge is 0.455 e. The van der Waals surface area contributed by atoms with Gasteiger partial charge in [-0.3, -0.25) is 9.59 Å². The molecule has 0 aromatic heterocycles. The lowest BCUT2D eigenvalue weighted by molar-refractivity contribution is -0.170. The molecule has 0 spiro atoms. The molecule has 4 aliphatic carbocycles. The molecular weight excluding hydrogens is 370 g/mol. The highest BCUT2D eigenvalue weighted by Gasteiger charge is 2.60. The third-order valence-electron chi connectivity index (χ3n) is 5.81. The number of nitrogens with one attached hydrogen (secondary N) is 1. The average molecular weight is 392 g/mol. The molecule has 1 aromatic carbocycles. The van der Waals surface area contributed by atoms with Crippen LogP contribution in [0.5, 0.6) is 0 Å². The first-order valence-corrected chi connectivity index (χ1v) is 9.47. The Bertz CT molecular complexity index is 646. The van der Waals surface area contributed by atoms with Gasteiger partial charge >= 0.3 is 5.97 Å². The van der Waals surface area contributed by atoms with Gasteiger partial charge in [0.1, 0.15) is 0 Å². The number of ether oxygens (including phenoxy) is 1. The Morgan fingerprint density at radius 3 is 2.42 bits per heavy atom. The van der Waals surface area contributed by atoms with E-state index in [1.54, 1.807) is 0 Å². The highest BCUT2D eigenvalue weighted by molar-refractivity contribution is 9.10. The lowest BCUT2D eigenvalue weighted by Gasteiger charge is -2.58. The highest BCUT2D eigenvalue weighted by Crippen LogP contribution is 2.64. The molecule has 4 atom stereocenters. The first kappa shape index (κ1) is 16.1. The molecule has 0 heterocycles. The number of anilines is 1. The lowest BCUT2D eigenvalue weighted by atomic mass is 9.49. The number of hydrogen-bond acceptors (Lipinski definition) is 3. The number of halogens is 1. The molecule has 4 bridgehead atoms. The van der Waals surface area contributed by atoms with Gasteiger partial charge in [-0.2, -0.15) is 0 Å². The highest BCUT2D eigenvalue weighted by atomic mass is 79.9. The third-order valence-corrected chi connectivity index (χ3v) is 6.74. The van der Waals surface area contributed by atoms with Crippen LogP contribution in [0.4, 0.5) is 5.69 Å². The summed E-state index contributed by atoms with van der Waals surface area (Å²) >= 11 is 3.90. The fourth-order valence-corrected chi connectivity index (χ4v) is 6.84. The maximum absolute atomic E-state index is 12.8. The zero-order valence-corrected chi connectivity index (χ0v) is 15.2. The van der Waals surface area contributed by atoms with Crippen molar-refractivity contribution in [3.8, 4) is 0 Å². The van der Waals surface area contributed by atoms with Crippen LogP contribution in [0.1, 0.15) is 38.5 Å². The molecule has 1 amide bonds. The second-order valence-corrected chi connectivity index (χ2v) is 9.56. The summed E-state index contributed by atoms with van der Waals surface area (Å²) in [5, 5.41) is 2.75. The summed E-state index contributed by atoms with van der Waals surface area (Å²) in [6, 6.07) is 9.22. The summed E-state index contributed by atoms with van der Waals surface area (Å²) in [7, 11) is 0. The van der Waals surface area contributed by atoms with E-state index in [2.05, 4.69) is 21.2 Å². The van der Waals surface area contributed by atoms with Crippen LogP contribution >= 0.6 is 15.9 Å². The number of amides is 1. The smallest absolute Gasteiger partial charge is 0.312 e. The number of benzene rings is 1. The molecule has 0 saturated heterocycles. The van der Waals surface area contributed by atoms with Crippen molar-refractivity contribution in [2.24, 2.45) is 17.3 Å². The van der Waals surface area contributed by atoms with E-state index in [1.165, 1.54) is 19.3 Å². The van der Waals surface area contributed by atoms with Crippen LogP contribution in [0.3, 0.4) is 0 Å². The Hall–Kier alpha value is -1.36. The summed E-state index contributed by atoms with van der Waals surface area (Å²) in [6.45, 7) is -0.208. The van der Waals surface area contributed by atoms with Gasteiger partial charge in [-0.1, -0.05) is 34.1 Å². The predicted molar refractivity (Wildman–Crippen MR) is 94.8 cm³/mol. The van der Waals surface area contributed by atoms with Gasteiger partial charge in [-0.15, -0.1) is 0 Å². The van der Waals surface area contributed by atoms with Gasteiger partial charge in [0, 0.05) is 10.0 Å². The van der Waals surface area contributed by atoms with E-state index in [0.717, 1.165) is 19.3 Å². The first-order valence-electron chi connectivity index (χ1n) is 8.68. The van der Waals surface area contributed by atoms with Crippen molar-refractivity contribution in [3.63, 3.8) is 0 Å². The molecule has 128 valence electrons. The maximum atomic E-state index is 12.8. The number of carbonyl (C=O) groups is 2. The monoisotopic (exact) mass is 391 g/mol. The fraction of sp³-hybridized carbons (Fsp3) is 0.579. The minimum absolute atomic E-state index is 0.113. The number of alkyl halides is 1. The van der Waals surface area contributed by atoms with Crippen molar-refractivity contribution in [3.05, 3.63) is 30.3 Å². The van der Waals surface area contributed by atoms with Crippen LogP contribution < -0.4 is 5.32 Å². The lowest BCUT2D eigenvalue weighted by Crippen LogP contribution is -2.56. The van der Waals surface area contributed by atoms with E-state index < -0.39 is 0 Å². The van der Waals surface area contributed by atoms with Crippen LogP contribution in [0, 0.1) is 17.3 Å². The van der Waals surface area contributed by atoms with Gasteiger partial charge in [0.2, 0.25) is 0 Å². The van der Waals surface area contributed by atoms with E-state index in [9.17, 15) is 9.59 Å². The molecule has 4 aliphatic rings. The van der Waals surface area contributed by atoms with Crippen molar-refractivity contribution < 1.29 is 14.3 Å². The SMILES string of the molecule is O=C(COC(=O)C12C[C@@H]3C[C@@H](CC(Br)(C3)C1)C2)Nc1ccccc1. The van der Waals surface area contributed by atoms with Crippen LogP contribution in [0.15, 0.2) is 30.3 Å². The molecule has 24 heavy (non-hydrogen) atoms. The predicted octanol–water partition coefficient (Wildman–Crippen LogP) is 3.90. The van der Waals surface area contributed by atoms with Gasteiger partial charge < -0.3 is 10.1 Å². The fourth-order valence-electron chi connectivity index (χ4n) is 5.39. The molecule has 4 fully saturated rings. The Kier molecular flexibility index (Phi) is 3.94. The molecule has 5 heteroatoms. The summed E-state index contributed by atoms with van der Waals surface area (Å²) in [6.07, 6.45) is 6.30. The Labute approximate surface area is 150 Å². The molecule has 0 aliphatic heterocycles. The van der Waals surface area contributed by atoms with E-state index in [4.69, 9.17) is 4.74 Å². The van der Waals surface area contributed by atoms with Crippen LogP contribution in [-0.2, 0) is 14.3 Å². The van der Waals surface area contributed by atoms with Gasteiger partial charge in [-0.25, -0.2) is 0 Å². The van der Waals surface area contributed by atoms with E-state index in [-0.39, 0.29) is 28.2 Å². The van der Waals surface area contributed by atoms with Crippen molar-refractivity contribution in [1.29, 1.82) is 0 Å². The van der Waals surface area contributed by atoms with E-state index in [1.807, 2.05) is 30.3 Å². The van der Waals surface area contributed by atoms with Gasteiger partial charge in [0.15, 0.2) is 6.61 Å². The summed E-state index contributed by atoms with van der Waals surface area (Å²) in [5.41, 5.74) is 0.341. The minimum Gasteiger partial charge on any atom is -0.455 e. The number of rotatable bonds is 4. The minimum atomic E-state index is -0.374. The van der Waals surface area contributed by atoms with Crippen molar-refractivity contribution in [2.75, 3.05) is 11.9 Å². The first-order chi connectivity index (χ1) is 11.5. The standard InChI is InChI=1S/C19H22BrNO3/c20-19-9-13-6-14(10-19)8-18(7-13,12-19)17(23)24-11-16(22)21-15-4-2-1-3-5-15/h1-5,13-14H,6-12H2,(H,21,22)/t13-,14+,18?,19?. The Balaban J connectivity index is 1.37. The number of esters is 1. The van der Waals surface area contributed by atoms with E-state index >= 15 is 0 Å². The van der Waals surface area contributed by atoms with Crippen LogP contribution in [-0.4, -0.2) is 22.8 Å². The molecule has 4 nitrogen and oxygen atoms in total. The molecule has 0 radical (unpaired) electrons. The summed E-state index contributed by atoms with van der Waals surface area (Å²) < 4.78 is 5.55. The molecular formula is C19H22BrNO3. The second-order valence-electron chi connectivity index (χ2n) is 7.88. The van der Waals surface area contributed by atoms with Crippen molar-refractivity contribution in [2.45, 2.75) is 42.8 Å². The Morgan fingerprint density at radius 1 is 1.12 bits per heavy atom. The van der Waals surface area contributed by atoms with E-state index in [0.29, 0.717) is 17.5 Å². The molecule has 2 unspecified atom stereocenters. The number of carbonyl (C=O) groups excluding carboxylic acids is 2. The summed E-state index contributed by atoms with van der Waals surface area (Å²) in [4.78, 5) is 24.8. The van der Waals surface area contributed by atoms with Gasteiger partial charge in [0.05, 0.1) is 5.41 Å². The molecule has 4 saturated carbocycles. The average Bonchev–Trinajstić information content (AvgIpc) is 2.51. The molecule has 1 N–H and O–H groups in total. The second kappa shape index (κ2) is 5.87. The van der Waals surface area contributed by atoms with Gasteiger partial charge in [0.25, 0.3) is 5.91 Å². The zero-order chi connectivity index (χ0) is 16.8. The topological polar surface area (TPSA) is 55.4 Å². The number of hydrogen-bond donors (Lipinski definition) is 1. The van der Waals surface area contributed by atoms with Gasteiger partial charge in [-0.05, 0) is 62.5 Å². The quantitative estimate of drug-likeness (QED) is 0.625.